The highest BCUT2D eigenvalue weighted by Crippen LogP contribution is 2.25. The van der Waals surface area contributed by atoms with Crippen molar-refractivity contribution >= 4 is 5.69 Å². The van der Waals surface area contributed by atoms with Crippen molar-refractivity contribution in [2.45, 2.75) is 33.2 Å². The molecule has 0 bridgehead atoms. The van der Waals surface area contributed by atoms with Crippen LogP contribution in [0.25, 0.3) is 0 Å². The molecule has 25 heavy (non-hydrogen) atoms. The first-order chi connectivity index (χ1) is 12.3. The van der Waals surface area contributed by atoms with Crippen molar-refractivity contribution in [3.8, 4) is 11.5 Å². The number of para-hydroxylation sites is 2. The molecule has 0 atom stereocenters. The molecule has 0 unspecified atom stereocenters. The van der Waals surface area contributed by atoms with Crippen LogP contribution in [0.2, 0.25) is 0 Å². The van der Waals surface area contributed by atoms with Crippen LogP contribution in [0.4, 0.5) is 5.69 Å². The van der Waals surface area contributed by atoms with Crippen molar-refractivity contribution in [1.82, 2.24) is 0 Å². The van der Waals surface area contributed by atoms with Gasteiger partial charge in [-0.05, 0) is 43.2 Å². The van der Waals surface area contributed by atoms with E-state index in [0.717, 1.165) is 49.8 Å². The SMILES string of the molecule is CCCCOc1ccccc1NCc1ccc(OCCOCC)cc1. The first-order valence-electron chi connectivity index (χ1n) is 9.08. The Morgan fingerprint density at radius 1 is 0.840 bits per heavy atom. The Labute approximate surface area is 151 Å². The van der Waals surface area contributed by atoms with E-state index in [1.54, 1.807) is 0 Å². The van der Waals surface area contributed by atoms with Gasteiger partial charge in [0, 0.05) is 13.2 Å². The number of rotatable bonds is 12. The van der Waals surface area contributed by atoms with Crippen molar-refractivity contribution in [2.75, 3.05) is 31.7 Å². The topological polar surface area (TPSA) is 39.7 Å². The van der Waals surface area contributed by atoms with Crippen LogP contribution in [-0.4, -0.2) is 26.4 Å². The van der Waals surface area contributed by atoms with Crippen LogP contribution < -0.4 is 14.8 Å². The molecule has 0 aromatic heterocycles. The van der Waals surface area contributed by atoms with E-state index in [0.29, 0.717) is 13.2 Å². The molecule has 0 radical (unpaired) electrons. The Hall–Kier alpha value is -2.20. The minimum absolute atomic E-state index is 0.577. The fourth-order valence-corrected chi connectivity index (χ4v) is 2.33. The molecule has 4 heteroatoms. The minimum atomic E-state index is 0.577. The highest BCUT2D eigenvalue weighted by molar-refractivity contribution is 5.56. The summed E-state index contributed by atoms with van der Waals surface area (Å²) < 4.78 is 16.8. The van der Waals surface area contributed by atoms with E-state index in [2.05, 4.69) is 24.4 Å². The van der Waals surface area contributed by atoms with E-state index < -0.39 is 0 Å². The minimum Gasteiger partial charge on any atom is -0.491 e. The summed E-state index contributed by atoms with van der Waals surface area (Å²) in [4.78, 5) is 0. The zero-order valence-corrected chi connectivity index (χ0v) is 15.3. The molecule has 2 rings (SSSR count). The molecule has 4 nitrogen and oxygen atoms in total. The van der Waals surface area contributed by atoms with E-state index in [1.807, 2.05) is 43.3 Å². The average Bonchev–Trinajstić information content (AvgIpc) is 2.66. The Kier molecular flexibility index (Phi) is 8.70. The first kappa shape index (κ1) is 19.1. The largest absolute Gasteiger partial charge is 0.491 e. The van der Waals surface area contributed by atoms with Gasteiger partial charge in [0.1, 0.15) is 18.1 Å². The molecular formula is C21H29NO3. The van der Waals surface area contributed by atoms with E-state index in [-0.39, 0.29) is 0 Å². The summed E-state index contributed by atoms with van der Waals surface area (Å²) in [5.41, 5.74) is 2.22. The van der Waals surface area contributed by atoms with E-state index in [4.69, 9.17) is 14.2 Å². The van der Waals surface area contributed by atoms with E-state index in [9.17, 15) is 0 Å². The molecule has 0 aliphatic rings. The van der Waals surface area contributed by atoms with Crippen LogP contribution in [0.3, 0.4) is 0 Å². The molecule has 136 valence electrons. The maximum atomic E-state index is 5.85. The number of hydrogen-bond donors (Lipinski definition) is 1. The second-order valence-corrected chi connectivity index (χ2v) is 5.74. The summed E-state index contributed by atoms with van der Waals surface area (Å²) in [5, 5.41) is 3.45. The lowest BCUT2D eigenvalue weighted by Crippen LogP contribution is -2.06. The molecule has 2 aromatic carbocycles. The van der Waals surface area contributed by atoms with Gasteiger partial charge in [0.2, 0.25) is 0 Å². The molecule has 0 saturated carbocycles. The third-order valence-electron chi connectivity index (χ3n) is 3.75. The molecule has 0 fully saturated rings. The van der Waals surface area contributed by atoms with Crippen molar-refractivity contribution in [3.63, 3.8) is 0 Å². The average molecular weight is 343 g/mol. The normalized spacial score (nSPS) is 10.5. The molecule has 0 amide bonds. The Morgan fingerprint density at radius 3 is 2.40 bits per heavy atom. The number of unbranched alkanes of at least 4 members (excludes halogenated alkanes) is 1. The summed E-state index contributed by atoms with van der Waals surface area (Å²) in [6.07, 6.45) is 2.20. The zero-order chi connectivity index (χ0) is 17.7. The van der Waals surface area contributed by atoms with Gasteiger partial charge in [0.25, 0.3) is 0 Å². The Bertz CT molecular complexity index is 598. The lowest BCUT2D eigenvalue weighted by atomic mass is 10.2. The molecule has 0 saturated heterocycles. The number of nitrogens with one attached hydrogen (secondary N) is 1. The highest BCUT2D eigenvalue weighted by Gasteiger charge is 2.03. The van der Waals surface area contributed by atoms with Gasteiger partial charge in [-0.15, -0.1) is 0 Å². The van der Waals surface area contributed by atoms with Crippen molar-refractivity contribution in [1.29, 1.82) is 0 Å². The Morgan fingerprint density at radius 2 is 1.64 bits per heavy atom. The maximum Gasteiger partial charge on any atom is 0.142 e. The van der Waals surface area contributed by atoms with Gasteiger partial charge in [-0.1, -0.05) is 37.6 Å². The fourth-order valence-electron chi connectivity index (χ4n) is 2.33. The number of ether oxygens (including phenoxy) is 3. The quantitative estimate of drug-likeness (QED) is 0.557. The highest BCUT2D eigenvalue weighted by atomic mass is 16.5. The molecule has 2 aromatic rings. The number of anilines is 1. The van der Waals surface area contributed by atoms with Crippen LogP contribution in [-0.2, 0) is 11.3 Å². The van der Waals surface area contributed by atoms with Crippen LogP contribution in [0.5, 0.6) is 11.5 Å². The van der Waals surface area contributed by atoms with Crippen molar-refractivity contribution in [2.24, 2.45) is 0 Å². The summed E-state index contributed by atoms with van der Waals surface area (Å²) in [7, 11) is 0. The monoisotopic (exact) mass is 343 g/mol. The third kappa shape index (κ3) is 7.06. The van der Waals surface area contributed by atoms with Crippen LogP contribution in [0.15, 0.2) is 48.5 Å². The Balaban J connectivity index is 1.82. The maximum absolute atomic E-state index is 5.85. The van der Waals surface area contributed by atoms with Crippen molar-refractivity contribution in [3.05, 3.63) is 54.1 Å². The van der Waals surface area contributed by atoms with E-state index in [1.165, 1.54) is 5.56 Å². The third-order valence-corrected chi connectivity index (χ3v) is 3.75. The second kappa shape index (κ2) is 11.4. The summed E-state index contributed by atoms with van der Waals surface area (Å²) in [6, 6.07) is 16.2. The van der Waals surface area contributed by atoms with Gasteiger partial charge in [0.15, 0.2) is 0 Å². The van der Waals surface area contributed by atoms with Gasteiger partial charge < -0.3 is 19.5 Å². The molecule has 0 heterocycles. The summed E-state index contributed by atoms with van der Waals surface area (Å²) in [5.74, 6) is 1.78. The second-order valence-electron chi connectivity index (χ2n) is 5.74. The zero-order valence-electron chi connectivity index (χ0n) is 15.3. The molecule has 0 aliphatic heterocycles. The van der Waals surface area contributed by atoms with Gasteiger partial charge >= 0.3 is 0 Å². The molecule has 1 N–H and O–H groups in total. The molecule has 0 spiro atoms. The predicted molar refractivity (Wildman–Crippen MR) is 103 cm³/mol. The van der Waals surface area contributed by atoms with Gasteiger partial charge in [0.05, 0.1) is 18.9 Å². The summed E-state index contributed by atoms with van der Waals surface area (Å²) in [6.45, 7) is 7.56. The van der Waals surface area contributed by atoms with E-state index >= 15 is 0 Å². The summed E-state index contributed by atoms with van der Waals surface area (Å²) >= 11 is 0. The van der Waals surface area contributed by atoms with Gasteiger partial charge in [-0.2, -0.15) is 0 Å². The lowest BCUT2D eigenvalue weighted by molar-refractivity contribution is 0.110. The van der Waals surface area contributed by atoms with Gasteiger partial charge in [-0.25, -0.2) is 0 Å². The molecular weight excluding hydrogens is 314 g/mol. The lowest BCUT2D eigenvalue weighted by Gasteiger charge is -2.13. The van der Waals surface area contributed by atoms with Crippen LogP contribution in [0, 0.1) is 0 Å². The van der Waals surface area contributed by atoms with Crippen LogP contribution in [0.1, 0.15) is 32.3 Å². The van der Waals surface area contributed by atoms with Crippen molar-refractivity contribution < 1.29 is 14.2 Å². The fraction of sp³-hybridized carbons (Fsp3) is 0.429. The standard InChI is InChI=1S/C21H29NO3/c1-3-5-14-25-21-9-7-6-8-20(21)22-17-18-10-12-19(13-11-18)24-16-15-23-4-2/h6-13,22H,3-5,14-17H2,1-2H3. The number of benzene rings is 2. The number of hydrogen-bond acceptors (Lipinski definition) is 4. The van der Waals surface area contributed by atoms with Gasteiger partial charge in [-0.3, -0.25) is 0 Å². The first-order valence-corrected chi connectivity index (χ1v) is 9.08. The predicted octanol–water partition coefficient (Wildman–Crippen LogP) is 4.89. The smallest absolute Gasteiger partial charge is 0.142 e. The molecule has 0 aliphatic carbocycles. The van der Waals surface area contributed by atoms with Crippen LogP contribution >= 0.6 is 0 Å².